The van der Waals surface area contributed by atoms with Crippen LogP contribution in [-0.4, -0.2) is 16.8 Å². The van der Waals surface area contributed by atoms with Gasteiger partial charge in [0.05, 0.1) is 0 Å². The lowest BCUT2D eigenvalue weighted by molar-refractivity contribution is 0.297. The highest BCUT2D eigenvalue weighted by Gasteiger charge is 2.17. The maximum atomic E-state index is 9.74. The maximum absolute atomic E-state index is 9.74. The predicted octanol–water partition coefficient (Wildman–Crippen LogP) is 2.01. The first-order valence-corrected chi connectivity index (χ1v) is 6.03. The lowest BCUT2D eigenvalue weighted by atomic mass is 10.1. The lowest BCUT2D eigenvalue weighted by Gasteiger charge is -2.06. The SMILES string of the molecule is OCCc1ccc2c(c1O)NSS2. The monoisotopic (exact) mass is 215 g/mol. The molecule has 1 aromatic rings. The van der Waals surface area contributed by atoms with Crippen molar-refractivity contribution in [3.05, 3.63) is 17.7 Å². The lowest BCUT2D eigenvalue weighted by Crippen LogP contribution is -1.93. The number of nitrogens with one attached hydrogen (secondary N) is 1. The van der Waals surface area contributed by atoms with Crippen LogP contribution in [0.4, 0.5) is 5.69 Å². The van der Waals surface area contributed by atoms with E-state index in [1.165, 1.54) is 11.0 Å². The van der Waals surface area contributed by atoms with E-state index in [1.807, 2.05) is 12.1 Å². The fraction of sp³-hybridized carbons (Fsp3) is 0.250. The van der Waals surface area contributed by atoms with Crippen LogP contribution in [0.2, 0.25) is 0 Å². The van der Waals surface area contributed by atoms with Crippen LogP contribution >= 0.6 is 21.8 Å². The van der Waals surface area contributed by atoms with Crippen molar-refractivity contribution in [2.45, 2.75) is 11.3 Å². The third-order valence-corrected chi connectivity index (χ3v) is 3.81. The summed E-state index contributed by atoms with van der Waals surface area (Å²) in [7, 11) is 3.08. The van der Waals surface area contributed by atoms with Crippen molar-refractivity contribution >= 4 is 27.5 Å². The standard InChI is InChI=1S/C8H9NO2S2/c10-4-3-5-1-2-6-7(8(5)11)9-13-12-6/h1-2,9-11H,3-4H2. The van der Waals surface area contributed by atoms with E-state index in [2.05, 4.69) is 4.72 Å². The molecule has 1 heterocycles. The van der Waals surface area contributed by atoms with E-state index >= 15 is 0 Å². The molecule has 0 amide bonds. The summed E-state index contributed by atoms with van der Waals surface area (Å²) in [5.74, 6) is 0.268. The van der Waals surface area contributed by atoms with Gasteiger partial charge >= 0.3 is 0 Å². The van der Waals surface area contributed by atoms with Crippen LogP contribution < -0.4 is 4.72 Å². The normalized spacial score (nSPS) is 13.9. The number of benzene rings is 1. The Kier molecular flexibility index (Phi) is 2.57. The van der Waals surface area contributed by atoms with E-state index in [9.17, 15) is 5.11 Å². The molecule has 0 saturated carbocycles. The zero-order chi connectivity index (χ0) is 9.26. The first kappa shape index (κ1) is 9.05. The summed E-state index contributed by atoms with van der Waals surface area (Å²) >= 11 is 0. The molecule has 13 heavy (non-hydrogen) atoms. The maximum Gasteiger partial charge on any atom is 0.144 e. The molecule has 1 aliphatic heterocycles. The number of aliphatic hydroxyl groups excluding tert-OH is 1. The van der Waals surface area contributed by atoms with Crippen LogP contribution in [0.25, 0.3) is 0 Å². The fourth-order valence-electron chi connectivity index (χ4n) is 1.21. The third kappa shape index (κ3) is 1.59. The molecule has 0 aromatic heterocycles. The van der Waals surface area contributed by atoms with Gasteiger partial charge < -0.3 is 14.9 Å². The first-order valence-electron chi connectivity index (χ1n) is 3.88. The highest BCUT2D eigenvalue weighted by Crippen LogP contribution is 2.49. The van der Waals surface area contributed by atoms with Gasteiger partial charge in [0.1, 0.15) is 11.4 Å². The molecule has 0 bridgehead atoms. The average molecular weight is 215 g/mol. The molecule has 0 unspecified atom stereocenters. The summed E-state index contributed by atoms with van der Waals surface area (Å²) in [4.78, 5) is 1.05. The second kappa shape index (κ2) is 3.69. The van der Waals surface area contributed by atoms with Crippen molar-refractivity contribution < 1.29 is 10.2 Å². The summed E-state index contributed by atoms with van der Waals surface area (Å²) < 4.78 is 3.02. The predicted molar refractivity (Wildman–Crippen MR) is 56.0 cm³/mol. The second-order valence-corrected chi connectivity index (χ2v) is 4.67. The zero-order valence-electron chi connectivity index (χ0n) is 6.78. The molecule has 3 nitrogen and oxygen atoms in total. The van der Waals surface area contributed by atoms with Gasteiger partial charge in [0, 0.05) is 22.5 Å². The van der Waals surface area contributed by atoms with Crippen molar-refractivity contribution in [3.8, 4) is 5.75 Å². The van der Waals surface area contributed by atoms with Gasteiger partial charge in [-0.3, -0.25) is 0 Å². The Bertz CT molecular complexity index is 330. The third-order valence-electron chi connectivity index (χ3n) is 1.88. The first-order chi connectivity index (χ1) is 6.33. The molecule has 0 spiro atoms. The number of aliphatic hydroxyl groups is 1. The molecule has 5 heteroatoms. The van der Waals surface area contributed by atoms with Gasteiger partial charge in [0.2, 0.25) is 0 Å². The van der Waals surface area contributed by atoms with E-state index in [-0.39, 0.29) is 12.4 Å². The molecular formula is C8H9NO2S2. The number of rotatable bonds is 2. The molecule has 3 N–H and O–H groups in total. The molecule has 2 rings (SSSR count). The Labute approximate surface area is 84.1 Å². The topological polar surface area (TPSA) is 52.5 Å². The van der Waals surface area contributed by atoms with Crippen molar-refractivity contribution in [2.75, 3.05) is 11.3 Å². The average Bonchev–Trinajstić information content (AvgIpc) is 2.58. The number of fused-ring (bicyclic) bond motifs is 1. The number of aromatic hydroxyl groups is 1. The van der Waals surface area contributed by atoms with Crippen LogP contribution in [0.15, 0.2) is 17.0 Å². The van der Waals surface area contributed by atoms with Gasteiger partial charge in [-0.25, -0.2) is 0 Å². The summed E-state index contributed by atoms with van der Waals surface area (Å²) in [6, 6.07) is 3.81. The Balaban J connectivity index is 2.40. The minimum absolute atomic E-state index is 0.0621. The molecule has 1 aliphatic rings. The summed E-state index contributed by atoms with van der Waals surface area (Å²) in [6.45, 7) is 0.0621. The van der Waals surface area contributed by atoms with Gasteiger partial charge in [0.25, 0.3) is 0 Å². The van der Waals surface area contributed by atoms with E-state index in [4.69, 9.17) is 5.11 Å². The largest absolute Gasteiger partial charge is 0.505 e. The summed E-state index contributed by atoms with van der Waals surface area (Å²) in [5, 5.41) is 18.5. The highest BCUT2D eigenvalue weighted by molar-refractivity contribution is 8.77. The molecular weight excluding hydrogens is 206 g/mol. The van der Waals surface area contributed by atoms with E-state index < -0.39 is 0 Å². The van der Waals surface area contributed by atoms with E-state index in [0.29, 0.717) is 6.42 Å². The van der Waals surface area contributed by atoms with Gasteiger partial charge in [-0.2, -0.15) is 0 Å². The van der Waals surface area contributed by atoms with Crippen LogP contribution in [0.1, 0.15) is 5.56 Å². The Morgan fingerprint density at radius 3 is 3.00 bits per heavy atom. The molecule has 0 aliphatic carbocycles. The van der Waals surface area contributed by atoms with Gasteiger partial charge in [0.15, 0.2) is 0 Å². The van der Waals surface area contributed by atoms with Crippen LogP contribution in [-0.2, 0) is 6.42 Å². The van der Waals surface area contributed by atoms with E-state index in [1.54, 1.807) is 10.8 Å². The quantitative estimate of drug-likeness (QED) is 0.400. The minimum atomic E-state index is 0.0621. The Morgan fingerprint density at radius 2 is 2.23 bits per heavy atom. The number of phenols is 1. The smallest absolute Gasteiger partial charge is 0.144 e. The van der Waals surface area contributed by atoms with Gasteiger partial charge in [-0.15, -0.1) is 0 Å². The van der Waals surface area contributed by atoms with E-state index in [0.717, 1.165) is 16.1 Å². The van der Waals surface area contributed by atoms with Crippen LogP contribution in [0.5, 0.6) is 5.75 Å². The zero-order valence-corrected chi connectivity index (χ0v) is 8.41. The molecule has 0 radical (unpaired) electrons. The Morgan fingerprint density at radius 1 is 1.38 bits per heavy atom. The van der Waals surface area contributed by atoms with Crippen molar-refractivity contribution in [3.63, 3.8) is 0 Å². The number of anilines is 1. The minimum Gasteiger partial charge on any atom is -0.505 e. The van der Waals surface area contributed by atoms with Crippen molar-refractivity contribution in [2.24, 2.45) is 0 Å². The highest BCUT2D eigenvalue weighted by atomic mass is 33.1. The Hall–Kier alpha value is -0.520. The molecule has 1 aromatic carbocycles. The molecule has 0 atom stereocenters. The van der Waals surface area contributed by atoms with Gasteiger partial charge in [-0.1, -0.05) is 6.07 Å². The number of phenolic OH excluding ortho intramolecular Hbond substituents is 1. The van der Waals surface area contributed by atoms with Crippen molar-refractivity contribution in [1.29, 1.82) is 0 Å². The summed E-state index contributed by atoms with van der Waals surface area (Å²) in [6.07, 6.45) is 0.496. The van der Waals surface area contributed by atoms with Crippen molar-refractivity contribution in [1.82, 2.24) is 0 Å². The molecule has 0 fully saturated rings. The number of hydrogen-bond donors (Lipinski definition) is 3. The van der Waals surface area contributed by atoms with Crippen LogP contribution in [0, 0.1) is 0 Å². The fourth-order valence-corrected chi connectivity index (χ4v) is 3.12. The number of hydrogen-bond acceptors (Lipinski definition) is 5. The molecule has 0 saturated heterocycles. The second-order valence-electron chi connectivity index (χ2n) is 2.69. The summed E-state index contributed by atoms with van der Waals surface area (Å²) in [5.41, 5.74) is 1.57. The van der Waals surface area contributed by atoms with Gasteiger partial charge in [-0.05, 0) is 28.8 Å². The molecule has 70 valence electrons. The van der Waals surface area contributed by atoms with Crippen LogP contribution in [0.3, 0.4) is 0 Å².